The van der Waals surface area contributed by atoms with Gasteiger partial charge in [0.15, 0.2) is 0 Å². The van der Waals surface area contributed by atoms with Gasteiger partial charge in [0.2, 0.25) is 0 Å². The monoisotopic (exact) mass is 296 g/mol. The molecule has 0 aliphatic carbocycles. The SMILES string of the molecule is CCOC(=O)C(NCCN(CC)CC)c1ccccc1F. The van der Waals surface area contributed by atoms with Crippen molar-refractivity contribution in [3.05, 3.63) is 35.6 Å². The number of esters is 1. The predicted molar refractivity (Wildman–Crippen MR) is 81.6 cm³/mol. The lowest BCUT2D eigenvalue weighted by molar-refractivity contribution is -0.146. The van der Waals surface area contributed by atoms with Crippen molar-refractivity contribution >= 4 is 5.97 Å². The van der Waals surface area contributed by atoms with Gasteiger partial charge in [-0.2, -0.15) is 0 Å². The number of nitrogens with one attached hydrogen (secondary N) is 1. The lowest BCUT2D eigenvalue weighted by Gasteiger charge is -2.22. The van der Waals surface area contributed by atoms with Crippen LogP contribution in [0.3, 0.4) is 0 Å². The summed E-state index contributed by atoms with van der Waals surface area (Å²) in [5.41, 5.74) is 0.329. The molecular formula is C16H25FN2O2. The molecule has 0 aliphatic rings. The van der Waals surface area contributed by atoms with Gasteiger partial charge in [-0.15, -0.1) is 0 Å². The van der Waals surface area contributed by atoms with Crippen LogP contribution in [0.25, 0.3) is 0 Å². The molecule has 0 spiro atoms. The van der Waals surface area contributed by atoms with Crippen molar-refractivity contribution in [1.82, 2.24) is 10.2 Å². The number of rotatable bonds is 9. The molecule has 0 fully saturated rings. The van der Waals surface area contributed by atoms with E-state index in [0.717, 1.165) is 19.6 Å². The summed E-state index contributed by atoms with van der Waals surface area (Å²) in [6.07, 6.45) is 0. The Bertz CT molecular complexity index is 436. The Hall–Kier alpha value is -1.46. The van der Waals surface area contributed by atoms with Crippen LogP contribution in [0.15, 0.2) is 24.3 Å². The van der Waals surface area contributed by atoms with Crippen LogP contribution in [0.1, 0.15) is 32.4 Å². The van der Waals surface area contributed by atoms with Crippen molar-refractivity contribution < 1.29 is 13.9 Å². The molecule has 1 rings (SSSR count). The number of nitrogens with zero attached hydrogens (tertiary/aromatic N) is 1. The second-order valence-corrected chi connectivity index (χ2v) is 4.69. The molecule has 1 N–H and O–H groups in total. The Morgan fingerprint density at radius 3 is 2.52 bits per heavy atom. The third kappa shape index (κ3) is 5.44. The van der Waals surface area contributed by atoms with Crippen molar-refractivity contribution in [1.29, 1.82) is 0 Å². The summed E-state index contributed by atoms with van der Waals surface area (Å²) >= 11 is 0. The minimum absolute atomic E-state index is 0.279. The number of halogens is 1. The molecule has 5 heteroatoms. The zero-order valence-corrected chi connectivity index (χ0v) is 13.1. The summed E-state index contributed by atoms with van der Waals surface area (Å²) in [4.78, 5) is 14.3. The molecular weight excluding hydrogens is 271 g/mol. The highest BCUT2D eigenvalue weighted by molar-refractivity contribution is 5.77. The average molecular weight is 296 g/mol. The van der Waals surface area contributed by atoms with Gasteiger partial charge < -0.3 is 9.64 Å². The Morgan fingerprint density at radius 2 is 1.95 bits per heavy atom. The topological polar surface area (TPSA) is 41.6 Å². The van der Waals surface area contributed by atoms with E-state index in [0.29, 0.717) is 12.1 Å². The number of ether oxygens (including phenoxy) is 1. The van der Waals surface area contributed by atoms with Crippen molar-refractivity contribution in [2.45, 2.75) is 26.8 Å². The van der Waals surface area contributed by atoms with Crippen molar-refractivity contribution in [3.8, 4) is 0 Å². The fraction of sp³-hybridized carbons (Fsp3) is 0.562. The molecule has 4 nitrogen and oxygen atoms in total. The number of likely N-dealkylation sites (N-methyl/N-ethyl adjacent to an activating group) is 1. The molecule has 0 amide bonds. The molecule has 1 unspecified atom stereocenters. The Balaban J connectivity index is 2.74. The Labute approximate surface area is 126 Å². The molecule has 1 atom stereocenters. The van der Waals surface area contributed by atoms with Crippen LogP contribution in [0.4, 0.5) is 4.39 Å². The minimum Gasteiger partial charge on any atom is -0.465 e. The highest BCUT2D eigenvalue weighted by Crippen LogP contribution is 2.18. The largest absolute Gasteiger partial charge is 0.465 e. The zero-order chi connectivity index (χ0) is 15.7. The van der Waals surface area contributed by atoms with E-state index in [9.17, 15) is 9.18 Å². The van der Waals surface area contributed by atoms with Crippen LogP contribution in [0.2, 0.25) is 0 Å². The lowest BCUT2D eigenvalue weighted by atomic mass is 10.1. The molecule has 0 bridgehead atoms. The quantitative estimate of drug-likeness (QED) is 0.710. The van der Waals surface area contributed by atoms with Gasteiger partial charge in [-0.1, -0.05) is 32.0 Å². The summed E-state index contributed by atoms with van der Waals surface area (Å²) in [6.45, 7) is 9.49. The fourth-order valence-electron chi connectivity index (χ4n) is 2.16. The van der Waals surface area contributed by atoms with Gasteiger partial charge in [0.1, 0.15) is 11.9 Å². The summed E-state index contributed by atoms with van der Waals surface area (Å²) in [5, 5.41) is 3.10. The van der Waals surface area contributed by atoms with Gasteiger partial charge in [0.25, 0.3) is 0 Å². The average Bonchev–Trinajstić information content (AvgIpc) is 2.49. The van der Waals surface area contributed by atoms with Crippen LogP contribution < -0.4 is 5.32 Å². The molecule has 0 aliphatic heterocycles. The van der Waals surface area contributed by atoms with E-state index in [4.69, 9.17) is 4.74 Å². The van der Waals surface area contributed by atoms with Gasteiger partial charge in [0, 0.05) is 18.7 Å². The first-order chi connectivity index (χ1) is 10.1. The predicted octanol–water partition coefficient (Wildman–Crippen LogP) is 2.36. The third-order valence-corrected chi connectivity index (χ3v) is 3.41. The molecule has 0 aromatic heterocycles. The molecule has 118 valence electrons. The van der Waals surface area contributed by atoms with Gasteiger partial charge in [-0.05, 0) is 26.1 Å². The normalized spacial score (nSPS) is 12.4. The molecule has 1 aromatic carbocycles. The van der Waals surface area contributed by atoms with Crippen molar-refractivity contribution in [2.24, 2.45) is 0 Å². The van der Waals surface area contributed by atoms with E-state index in [1.54, 1.807) is 25.1 Å². The second-order valence-electron chi connectivity index (χ2n) is 4.69. The van der Waals surface area contributed by atoms with Crippen LogP contribution in [-0.2, 0) is 9.53 Å². The van der Waals surface area contributed by atoms with Crippen molar-refractivity contribution in [2.75, 3.05) is 32.8 Å². The van der Waals surface area contributed by atoms with Crippen LogP contribution in [0, 0.1) is 5.82 Å². The molecule has 0 radical (unpaired) electrons. The van der Waals surface area contributed by atoms with Gasteiger partial charge in [-0.25, -0.2) is 9.18 Å². The van der Waals surface area contributed by atoms with Gasteiger partial charge >= 0.3 is 5.97 Å². The molecule has 21 heavy (non-hydrogen) atoms. The van der Waals surface area contributed by atoms with Gasteiger partial charge in [-0.3, -0.25) is 5.32 Å². The molecule has 1 aromatic rings. The number of hydrogen-bond donors (Lipinski definition) is 1. The maximum Gasteiger partial charge on any atom is 0.327 e. The highest BCUT2D eigenvalue weighted by atomic mass is 19.1. The smallest absolute Gasteiger partial charge is 0.327 e. The summed E-state index contributed by atoms with van der Waals surface area (Å²) < 4.78 is 18.9. The van der Waals surface area contributed by atoms with E-state index in [1.807, 2.05) is 0 Å². The number of benzene rings is 1. The van der Waals surface area contributed by atoms with Crippen LogP contribution in [0.5, 0.6) is 0 Å². The summed E-state index contributed by atoms with van der Waals surface area (Å²) in [5.74, 6) is -0.840. The summed E-state index contributed by atoms with van der Waals surface area (Å²) in [6, 6.07) is 5.53. The van der Waals surface area contributed by atoms with E-state index >= 15 is 0 Å². The van der Waals surface area contributed by atoms with E-state index in [2.05, 4.69) is 24.1 Å². The first-order valence-corrected chi connectivity index (χ1v) is 7.50. The number of hydrogen-bond acceptors (Lipinski definition) is 4. The molecule has 0 saturated heterocycles. The van der Waals surface area contributed by atoms with E-state index < -0.39 is 17.8 Å². The zero-order valence-electron chi connectivity index (χ0n) is 13.1. The van der Waals surface area contributed by atoms with Crippen LogP contribution in [-0.4, -0.2) is 43.7 Å². The highest BCUT2D eigenvalue weighted by Gasteiger charge is 2.24. The first kappa shape index (κ1) is 17.6. The second kappa shape index (κ2) is 9.47. The lowest BCUT2D eigenvalue weighted by Crippen LogP contribution is -2.37. The minimum atomic E-state index is -0.762. The maximum atomic E-state index is 13.9. The first-order valence-electron chi connectivity index (χ1n) is 7.50. The Kier molecular flexibility index (Phi) is 7.93. The maximum absolute atomic E-state index is 13.9. The number of carbonyl (C=O) groups excluding carboxylic acids is 1. The third-order valence-electron chi connectivity index (χ3n) is 3.41. The number of carbonyl (C=O) groups is 1. The van der Waals surface area contributed by atoms with Crippen molar-refractivity contribution in [3.63, 3.8) is 0 Å². The van der Waals surface area contributed by atoms with E-state index in [1.165, 1.54) is 6.07 Å². The van der Waals surface area contributed by atoms with Gasteiger partial charge in [0.05, 0.1) is 6.61 Å². The molecule has 0 heterocycles. The molecule has 0 saturated carbocycles. The van der Waals surface area contributed by atoms with Crippen LogP contribution >= 0.6 is 0 Å². The fourth-order valence-corrected chi connectivity index (χ4v) is 2.16. The van der Waals surface area contributed by atoms with E-state index in [-0.39, 0.29) is 6.61 Å². The Morgan fingerprint density at radius 1 is 1.29 bits per heavy atom. The summed E-state index contributed by atoms with van der Waals surface area (Å²) in [7, 11) is 0. The standard InChI is InChI=1S/C16H25FN2O2/c1-4-19(5-2)12-11-18-15(16(20)21-6-3)13-9-7-8-10-14(13)17/h7-10,15,18H,4-6,11-12H2,1-3H3.